The molecular formula is C13H16ClNO. The minimum absolute atomic E-state index is 0.0461. The Morgan fingerprint density at radius 1 is 1.38 bits per heavy atom. The van der Waals surface area contributed by atoms with Crippen molar-refractivity contribution in [3.63, 3.8) is 0 Å². The van der Waals surface area contributed by atoms with Gasteiger partial charge in [-0.25, -0.2) is 0 Å². The van der Waals surface area contributed by atoms with Crippen LogP contribution in [0.1, 0.15) is 24.0 Å². The van der Waals surface area contributed by atoms with Crippen molar-refractivity contribution in [2.45, 2.75) is 32.4 Å². The Hall–Kier alpha value is -1.02. The molecule has 86 valence electrons. The van der Waals surface area contributed by atoms with E-state index in [-0.39, 0.29) is 11.8 Å². The van der Waals surface area contributed by atoms with Crippen molar-refractivity contribution in [1.82, 2.24) is 4.90 Å². The third kappa shape index (κ3) is 2.76. The predicted octanol–water partition coefficient (Wildman–Crippen LogP) is 2.72. The quantitative estimate of drug-likeness (QED) is 0.738. The van der Waals surface area contributed by atoms with Crippen LogP contribution in [0, 0.1) is 6.92 Å². The number of nitrogens with zero attached hydrogens (tertiary/aromatic N) is 1. The number of amides is 1. The smallest absolute Gasteiger partial charge is 0.238 e. The van der Waals surface area contributed by atoms with E-state index < -0.39 is 0 Å². The third-order valence-corrected chi connectivity index (χ3v) is 3.12. The van der Waals surface area contributed by atoms with Crippen LogP contribution in [-0.4, -0.2) is 22.7 Å². The summed E-state index contributed by atoms with van der Waals surface area (Å²) in [4.78, 5) is 13.6. The van der Waals surface area contributed by atoms with Gasteiger partial charge in [0.1, 0.15) is 5.88 Å². The Morgan fingerprint density at radius 2 is 2.00 bits per heavy atom. The minimum Gasteiger partial charge on any atom is -0.334 e. The van der Waals surface area contributed by atoms with Crippen LogP contribution in [0.3, 0.4) is 0 Å². The average Bonchev–Trinajstić information content (AvgIpc) is 3.11. The van der Waals surface area contributed by atoms with Crippen molar-refractivity contribution in [1.29, 1.82) is 0 Å². The Labute approximate surface area is 101 Å². The van der Waals surface area contributed by atoms with Gasteiger partial charge in [-0.15, -0.1) is 11.6 Å². The molecule has 16 heavy (non-hydrogen) atoms. The molecule has 2 nitrogen and oxygen atoms in total. The second-order valence-corrected chi connectivity index (χ2v) is 4.64. The Bertz CT molecular complexity index is 370. The van der Waals surface area contributed by atoms with Gasteiger partial charge in [-0.1, -0.05) is 29.8 Å². The van der Waals surface area contributed by atoms with Crippen LogP contribution in [0.15, 0.2) is 24.3 Å². The molecule has 0 unspecified atom stereocenters. The molecule has 1 aliphatic rings. The first-order valence-electron chi connectivity index (χ1n) is 5.61. The topological polar surface area (TPSA) is 20.3 Å². The minimum atomic E-state index is 0.0461. The highest BCUT2D eigenvalue weighted by Gasteiger charge is 2.31. The number of halogens is 1. The predicted molar refractivity (Wildman–Crippen MR) is 65.5 cm³/mol. The van der Waals surface area contributed by atoms with Crippen LogP contribution in [0.5, 0.6) is 0 Å². The molecule has 1 fully saturated rings. The zero-order valence-corrected chi connectivity index (χ0v) is 10.2. The first-order chi connectivity index (χ1) is 7.70. The van der Waals surface area contributed by atoms with Crippen LogP contribution >= 0.6 is 11.6 Å². The Balaban J connectivity index is 2.05. The highest BCUT2D eigenvalue weighted by atomic mass is 35.5. The van der Waals surface area contributed by atoms with Crippen molar-refractivity contribution in [3.05, 3.63) is 35.4 Å². The highest BCUT2D eigenvalue weighted by molar-refractivity contribution is 6.27. The van der Waals surface area contributed by atoms with Crippen LogP contribution < -0.4 is 0 Å². The van der Waals surface area contributed by atoms with Gasteiger partial charge in [0, 0.05) is 12.6 Å². The summed E-state index contributed by atoms with van der Waals surface area (Å²) in [5.74, 6) is 0.132. The lowest BCUT2D eigenvalue weighted by atomic mass is 10.1. The van der Waals surface area contributed by atoms with E-state index in [4.69, 9.17) is 11.6 Å². The first kappa shape index (κ1) is 11.5. The summed E-state index contributed by atoms with van der Waals surface area (Å²) in [5, 5.41) is 0. The normalized spacial score (nSPS) is 14.9. The molecule has 0 aliphatic heterocycles. The van der Waals surface area contributed by atoms with Crippen molar-refractivity contribution in [2.75, 3.05) is 5.88 Å². The number of carbonyl (C=O) groups excluding carboxylic acids is 1. The van der Waals surface area contributed by atoms with E-state index in [1.807, 2.05) is 4.90 Å². The largest absolute Gasteiger partial charge is 0.334 e. The third-order valence-electron chi connectivity index (χ3n) is 2.90. The number of carbonyl (C=O) groups is 1. The fourth-order valence-electron chi connectivity index (χ4n) is 1.77. The molecule has 0 atom stereocenters. The van der Waals surface area contributed by atoms with Crippen LogP contribution in [-0.2, 0) is 11.3 Å². The molecule has 1 aliphatic carbocycles. The van der Waals surface area contributed by atoms with E-state index in [9.17, 15) is 4.79 Å². The van der Waals surface area contributed by atoms with Crippen LogP contribution in [0.25, 0.3) is 0 Å². The lowest BCUT2D eigenvalue weighted by molar-refractivity contribution is -0.129. The van der Waals surface area contributed by atoms with Crippen LogP contribution in [0.4, 0.5) is 0 Å². The van der Waals surface area contributed by atoms with Gasteiger partial charge < -0.3 is 4.90 Å². The summed E-state index contributed by atoms with van der Waals surface area (Å²) in [6, 6.07) is 8.72. The van der Waals surface area contributed by atoms with Gasteiger partial charge in [0.05, 0.1) is 0 Å². The SMILES string of the molecule is Cc1ccc(CN(C(=O)CCl)C2CC2)cc1. The summed E-state index contributed by atoms with van der Waals surface area (Å²) in [7, 11) is 0. The van der Waals surface area contributed by atoms with Gasteiger partial charge in [0.15, 0.2) is 0 Å². The van der Waals surface area contributed by atoms with Gasteiger partial charge in [0.2, 0.25) is 5.91 Å². The second-order valence-electron chi connectivity index (χ2n) is 4.37. The molecule has 3 heteroatoms. The maximum atomic E-state index is 11.7. The van der Waals surface area contributed by atoms with Crippen LogP contribution in [0.2, 0.25) is 0 Å². The molecule has 0 spiro atoms. The molecule has 0 radical (unpaired) electrons. The number of hydrogen-bond acceptors (Lipinski definition) is 1. The lowest BCUT2D eigenvalue weighted by Crippen LogP contribution is -2.33. The molecule has 0 aromatic heterocycles. The Kier molecular flexibility index (Phi) is 3.49. The van der Waals surface area contributed by atoms with E-state index in [1.165, 1.54) is 11.1 Å². The summed E-state index contributed by atoms with van der Waals surface area (Å²) >= 11 is 5.62. The molecule has 0 heterocycles. The zero-order valence-electron chi connectivity index (χ0n) is 9.45. The molecule has 2 rings (SSSR count). The lowest BCUT2D eigenvalue weighted by Gasteiger charge is -2.21. The molecule has 1 aromatic rings. The molecule has 0 N–H and O–H groups in total. The molecule has 1 aromatic carbocycles. The van der Waals surface area contributed by atoms with E-state index in [1.54, 1.807) is 0 Å². The average molecular weight is 238 g/mol. The summed E-state index contributed by atoms with van der Waals surface area (Å²) in [5.41, 5.74) is 2.42. The maximum Gasteiger partial charge on any atom is 0.238 e. The highest BCUT2D eigenvalue weighted by Crippen LogP contribution is 2.28. The van der Waals surface area contributed by atoms with E-state index in [0.717, 1.165) is 12.8 Å². The molecular weight excluding hydrogens is 222 g/mol. The fraction of sp³-hybridized carbons (Fsp3) is 0.462. The Morgan fingerprint density at radius 3 is 2.50 bits per heavy atom. The monoisotopic (exact) mass is 237 g/mol. The molecule has 0 saturated heterocycles. The molecule has 1 amide bonds. The standard InChI is InChI=1S/C13H16ClNO/c1-10-2-4-11(5-3-10)9-15(12-6-7-12)13(16)8-14/h2-5,12H,6-9H2,1H3. The number of rotatable bonds is 4. The summed E-state index contributed by atoms with van der Waals surface area (Å²) in [6.07, 6.45) is 2.24. The van der Waals surface area contributed by atoms with E-state index in [0.29, 0.717) is 12.6 Å². The first-order valence-corrected chi connectivity index (χ1v) is 6.15. The van der Waals surface area contributed by atoms with E-state index >= 15 is 0 Å². The fourth-order valence-corrected chi connectivity index (χ4v) is 1.93. The maximum absolute atomic E-state index is 11.7. The number of alkyl halides is 1. The molecule has 1 saturated carbocycles. The second kappa shape index (κ2) is 4.88. The summed E-state index contributed by atoms with van der Waals surface area (Å²) in [6.45, 7) is 2.75. The van der Waals surface area contributed by atoms with Gasteiger partial charge in [-0.2, -0.15) is 0 Å². The van der Waals surface area contributed by atoms with Gasteiger partial charge in [0.25, 0.3) is 0 Å². The van der Waals surface area contributed by atoms with Crippen molar-refractivity contribution in [2.24, 2.45) is 0 Å². The van der Waals surface area contributed by atoms with Gasteiger partial charge in [-0.3, -0.25) is 4.79 Å². The molecule has 0 bridgehead atoms. The van der Waals surface area contributed by atoms with Gasteiger partial charge in [-0.05, 0) is 25.3 Å². The van der Waals surface area contributed by atoms with Gasteiger partial charge >= 0.3 is 0 Å². The van der Waals surface area contributed by atoms with Crippen molar-refractivity contribution >= 4 is 17.5 Å². The zero-order chi connectivity index (χ0) is 11.5. The number of hydrogen-bond donors (Lipinski definition) is 0. The number of benzene rings is 1. The number of aryl methyl sites for hydroxylation is 1. The van der Waals surface area contributed by atoms with E-state index in [2.05, 4.69) is 31.2 Å². The van der Waals surface area contributed by atoms with Crippen molar-refractivity contribution < 1.29 is 4.79 Å². The van der Waals surface area contributed by atoms with Crippen molar-refractivity contribution in [3.8, 4) is 0 Å². The summed E-state index contributed by atoms with van der Waals surface area (Å²) < 4.78 is 0.